The van der Waals surface area contributed by atoms with Gasteiger partial charge in [-0.1, -0.05) is 68.2 Å². The van der Waals surface area contributed by atoms with Crippen molar-refractivity contribution in [1.29, 1.82) is 0 Å². The third kappa shape index (κ3) is 6.48. The number of hydrogen-bond donors (Lipinski definition) is 1. The summed E-state index contributed by atoms with van der Waals surface area (Å²) in [4.78, 5) is 14.5. The second kappa shape index (κ2) is 11.7. The van der Waals surface area contributed by atoms with E-state index in [1.54, 1.807) is 49.0 Å². The van der Waals surface area contributed by atoms with Gasteiger partial charge in [0, 0.05) is 37.0 Å². The van der Waals surface area contributed by atoms with Gasteiger partial charge in [-0.15, -0.1) is 0 Å². The monoisotopic (exact) mass is 606 g/mol. The molecule has 1 fully saturated rings. The maximum atomic E-state index is 13.2. The first-order valence-electron chi connectivity index (χ1n) is 11.9. The van der Waals surface area contributed by atoms with Crippen LogP contribution in [-0.4, -0.2) is 76.0 Å². The normalized spacial score (nSPS) is 15.6. The molecule has 0 aliphatic carbocycles. The van der Waals surface area contributed by atoms with E-state index in [1.165, 1.54) is 10.4 Å². The molecule has 10 nitrogen and oxygen atoms in total. The highest BCUT2D eigenvalue weighted by molar-refractivity contribution is 8.26. The lowest BCUT2D eigenvalue weighted by atomic mass is 10.1. The molecule has 1 aliphatic rings. The summed E-state index contributed by atoms with van der Waals surface area (Å²) >= 11 is 6.28. The van der Waals surface area contributed by atoms with Gasteiger partial charge in [0.1, 0.15) is 10.0 Å². The first-order chi connectivity index (χ1) is 18.4. The zero-order chi connectivity index (χ0) is 28.4. The standard InChI is InChI=1S/C25H26N4O6S4/c1-3-27(4-2)39(34,35)21-12-8-9-18(15-21)23-19(17-29(26-23)20-10-6-5-7-11-20)16-22-24(30)28(25(36)37-22)13-14-38(31,32)33/h5-12,15-17H,3-4,13-14H2,1-2H3,(H,31,32,33)/b22-16-. The summed E-state index contributed by atoms with van der Waals surface area (Å²) in [7, 11) is -8.00. The van der Waals surface area contributed by atoms with Crippen LogP contribution in [0.3, 0.4) is 0 Å². The summed E-state index contributed by atoms with van der Waals surface area (Å²) in [6.45, 7) is 3.93. The third-order valence-corrected chi connectivity index (χ3v) is 10.1. The number of thioether (sulfide) groups is 1. The lowest BCUT2D eigenvalue weighted by Gasteiger charge is -2.18. The van der Waals surface area contributed by atoms with Gasteiger partial charge in [0.15, 0.2) is 0 Å². The smallest absolute Gasteiger partial charge is 0.266 e. The van der Waals surface area contributed by atoms with E-state index >= 15 is 0 Å². The summed E-state index contributed by atoms with van der Waals surface area (Å²) in [5.74, 6) is -1.14. The van der Waals surface area contributed by atoms with Crippen molar-refractivity contribution in [1.82, 2.24) is 19.0 Å². The maximum Gasteiger partial charge on any atom is 0.266 e. The van der Waals surface area contributed by atoms with Gasteiger partial charge in [0.2, 0.25) is 10.0 Å². The molecule has 1 amide bonds. The number of aromatic nitrogens is 2. The van der Waals surface area contributed by atoms with Gasteiger partial charge in [-0.25, -0.2) is 13.1 Å². The number of carbonyl (C=O) groups is 1. The minimum atomic E-state index is -4.28. The molecule has 0 spiro atoms. The highest BCUT2D eigenvalue weighted by Crippen LogP contribution is 2.35. The Morgan fingerprint density at radius 2 is 1.74 bits per heavy atom. The lowest BCUT2D eigenvalue weighted by Crippen LogP contribution is -2.32. The number of benzene rings is 2. The third-order valence-electron chi connectivity index (χ3n) is 5.95. The molecule has 14 heteroatoms. The molecule has 1 aliphatic heterocycles. The molecule has 2 aromatic carbocycles. The fourth-order valence-electron chi connectivity index (χ4n) is 3.99. The number of para-hydroxylation sites is 1. The Bertz CT molecular complexity index is 1650. The van der Waals surface area contributed by atoms with Crippen LogP contribution in [0.25, 0.3) is 23.0 Å². The summed E-state index contributed by atoms with van der Waals surface area (Å²) in [6, 6.07) is 15.8. The zero-order valence-corrected chi connectivity index (χ0v) is 24.4. The highest BCUT2D eigenvalue weighted by Gasteiger charge is 2.33. The lowest BCUT2D eigenvalue weighted by molar-refractivity contribution is -0.121. The van der Waals surface area contributed by atoms with Crippen LogP contribution >= 0.6 is 24.0 Å². The average molecular weight is 607 g/mol. The molecule has 0 radical (unpaired) electrons. The second-order valence-electron chi connectivity index (χ2n) is 8.45. The molecule has 0 atom stereocenters. The predicted molar refractivity (Wildman–Crippen MR) is 155 cm³/mol. The van der Waals surface area contributed by atoms with E-state index in [4.69, 9.17) is 21.9 Å². The Kier molecular flexibility index (Phi) is 8.73. The summed E-state index contributed by atoms with van der Waals surface area (Å²) in [5, 5.41) is 4.72. The molecule has 206 valence electrons. The van der Waals surface area contributed by atoms with Gasteiger partial charge in [0.05, 0.1) is 21.2 Å². The van der Waals surface area contributed by atoms with Crippen LogP contribution in [0.1, 0.15) is 19.4 Å². The van der Waals surface area contributed by atoms with E-state index in [1.807, 2.05) is 30.3 Å². The highest BCUT2D eigenvalue weighted by atomic mass is 32.2. The Morgan fingerprint density at radius 1 is 1.05 bits per heavy atom. The number of sulfonamides is 1. The van der Waals surface area contributed by atoms with Crippen molar-refractivity contribution in [3.63, 3.8) is 0 Å². The molecule has 1 saturated heterocycles. The fourth-order valence-corrected chi connectivity index (χ4v) is 7.20. The maximum absolute atomic E-state index is 13.2. The molecule has 0 unspecified atom stereocenters. The Hall–Kier alpha value is -2.88. The molecule has 2 heterocycles. The van der Waals surface area contributed by atoms with Crippen LogP contribution < -0.4 is 0 Å². The zero-order valence-electron chi connectivity index (χ0n) is 21.1. The van der Waals surface area contributed by atoms with Crippen molar-refractivity contribution >= 4 is 60.4 Å². The minimum Gasteiger partial charge on any atom is -0.292 e. The van der Waals surface area contributed by atoms with Crippen molar-refractivity contribution in [2.45, 2.75) is 18.7 Å². The van der Waals surface area contributed by atoms with Gasteiger partial charge >= 0.3 is 0 Å². The minimum absolute atomic E-state index is 0.125. The Balaban J connectivity index is 1.79. The fraction of sp³-hybridized carbons (Fsp3) is 0.240. The second-order valence-corrected chi connectivity index (χ2v) is 13.6. The Labute approximate surface area is 237 Å². The first-order valence-corrected chi connectivity index (χ1v) is 16.2. The quantitative estimate of drug-likeness (QED) is 0.209. The first kappa shape index (κ1) is 29.1. The van der Waals surface area contributed by atoms with E-state index in [0.717, 1.165) is 22.3 Å². The van der Waals surface area contributed by atoms with Crippen molar-refractivity contribution in [3.8, 4) is 16.9 Å². The molecule has 1 N–H and O–H groups in total. The number of carbonyl (C=O) groups excluding carboxylic acids is 1. The predicted octanol–water partition coefficient (Wildman–Crippen LogP) is 3.66. The van der Waals surface area contributed by atoms with E-state index in [9.17, 15) is 21.6 Å². The van der Waals surface area contributed by atoms with Gasteiger partial charge in [-0.2, -0.15) is 17.8 Å². The molecular formula is C25H26N4O6S4. The van der Waals surface area contributed by atoms with Crippen molar-refractivity contribution in [2.75, 3.05) is 25.4 Å². The average Bonchev–Trinajstić information content (AvgIpc) is 3.44. The summed E-state index contributed by atoms with van der Waals surface area (Å²) in [6.07, 6.45) is 3.32. The molecule has 0 bridgehead atoms. The van der Waals surface area contributed by atoms with Crippen molar-refractivity contribution in [2.24, 2.45) is 0 Å². The number of amides is 1. The molecule has 4 rings (SSSR count). The van der Waals surface area contributed by atoms with E-state index < -0.39 is 31.8 Å². The van der Waals surface area contributed by atoms with Crippen LogP contribution in [0.15, 0.2) is 70.6 Å². The SMILES string of the molecule is CCN(CC)S(=O)(=O)c1cccc(-c2nn(-c3ccccc3)cc2/C=C2\SC(=S)N(CCS(=O)(=O)O)C2=O)c1. The van der Waals surface area contributed by atoms with Crippen LogP contribution in [0.4, 0.5) is 0 Å². The van der Waals surface area contributed by atoms with Crippen LogP contribution in [-0.2, 0) is 24.9 Å². The van der Waals surface area contributed by atoms with Gasteiger partial charge in [-0.3, -0.25) is 14.2 Å². The molecule has 1 aromatic heterocycles. The van der Waals surface area contributed by atoms with Crippen molar-refractivity contribution in [3.05, 3.63) is 71.3 Å². The number of rotatable bonds is 10. The summed E-state index contributed by atoms with van der Waals surface area (Å²) < 4.78 is 61.0. The summed E-state index contributed by atoms with van der Waals surface area (Å²) in [5.41, 5.74) is 2.27. The van der Waals surface area contributed by atoms with Gasteiger partial charge < -0.3 is 0 Å². The molecular weight excluding hydrogens is 581 g/mol. The van der Waals surface area contributed by atoms with E-state index in [0.29, 0.717) is 29.9 Å². The van der Waals surface area contributed by atoms with Gasteiger partial charge in [-0.05, 0) is 30.3 Å². The van der Waals surface area contributed by atoms with E-state index in [2.05, 4.69) is 0 Å². The Morgan fingerprint density at radius 3 is 2.38 bits per heavy atom. The van der Waals surface area contributed by atoms with Gasteiger partial charge in [0.25, 0.3) is 16.0 Å². The number of thiocarbonyl (C=S) groups is 1. The molecule has 3 aromatic rings. The van der Waals surface area contributed by atoms with E-state index in [-0.39, 0.29) is 20.7 Å². The largest absolute Gasteiger partial charge is 0.292 e. The number of hydrogen-bond acceptors (Lipinski definition) is 8. The van der Waals surface area contributed by atoms with Crippen molar-refractivity contribution < 1.29 is 26.2 Å². The van der Waals surface area contributed by atoms with Crippen LogP contribution in [0, 0.1) is 0 Å². The van der Waals surface area contributed by atoms with Crippen LogP contribution in [0.5, 0.6) is 0 Å². The van der Waals surface area contributed by atoms with Crippen LogP contribution in [0.2, 0.25) is 0 Å². The number of nitrogens with zero attached hydrogens (tertiary/aromatic N) is 4. The molecule has 0 saturated carbocycles. The molecule has 39 heavy (non-hydrogen) atoms. The topological polar surface area (TPSA) is 130 Å².